The van der Waals surface area contributed by atoms with Gasteiger partial charge in [-0.15, -0.1) is 6.42 Å². The summed E-state index contributed by atoms with van der Waals surface area (Å²) in [5, 5.41) is 10.6. The Morgan fingerprint density at radius 1 is 1.25 bits per heavy atom. The Bertz CT molecular complexity index is 1310. The van der Waals surface area contributed by atoms with E-state index in [1.807, 2.05) is 0 Å². The highest BCUT2D eigenvalue weighted by atomic mass is 35.5. The molecule has 2 heterocycles. The second-order valence-corrected chi connectivity index (χ2v) is 9.95. The molecule has 0 radical (unpaired) electrons. The van der Waals surface area contributed by atoms with Crippen molar-refractivity contribution in [3.05, 3.63) is 59.2 Å². The topological polar surface area (TPSA) is 88.8 Å². The zero-order valence-corrected chi connectivity index (χ0v) is 18.6. The second-order valence-electron chi connectivity index (χ2n) is 7.58. The smallest absolute Gasteiger partial charge is 0.323 e. The summed E-state index contributed by atoms with van der Waals surface area (Å²) in [6, 6.07) is 11.5. The molecule has 1 unspecified atom stereocenters. The van der Waals surface area contributed by atoms with Crippen molar-refractivity contribution in [2.45, 2.75) is 23.8 Å². The van der Waals surface area contributed by atoms with Gasteiger partial charge in [0.15, 0.2) is 0 Å². The van der Waals surface area contributed by atoms with Gasteiger partial charge in [0, 0.05) is 41.1 Å². The lowest BCUT2D eigenvalue weighted by molar-refractivity contribution is -0.137. The van der Waals surface area contributed by atoms with Gasteiger partial charge in [-0.25, -0.2) is 8.42 Å². The Morgan fingerprint density at radius 3 is 2.69 bits per heavy atom. The summed E-state index contributed by atoms with van der Waals surface area (Å²) in [6.45, 7) is 0.602. The van der Waals surface area contributed by atoms with Gasteiger partial charge in [0.05, 0.1) is 4.90 Å². The Hall–Kier alpha value is -2.99. The van der Waals surface area contributed by atoms with Crippen LogP contribution < -0.4 is 4.74 Å². The molecule has 0 aliphatic carbocycles. The largest absolute Gasteiger partial charge is 0.481 e. The number of hydrogen-bond acceptors (Lipinski definition) is 4. The minimum absolute atomic E-state index is 0.0704. The Kier molecular flexibility index (Phi) is 6.15. The van der Waals surface area contributed by atoms with Crippen LogP contribution in [-0.4, -0.2) is 48.1 Å². The molecule has 1 N–H and O–H groups in total. The fraction of sp³-hybridized carbons (Fsp3) is 0.261. The third kappa shape index (κ3) is 4.32. The molecular weight excluding hydrogens is 452 g/mol. The number of hydrogen-bond donors (Lipinski definition) is 1. The lowest BCUT2D eigenvalue weighted by Crippen LogP contribution is -2.28. The van der Waals surface area contributed by atoms with Crippen LogP contribution in [0.1, 0.15) is 17.9 Å². The molecule has 4 rings (SSSR count). The lowest BCUT2D eigenvalue weighted by atomic mass is 9.98. The molecule has 1 aromatic heterocycles. The first-order valence-electron chi connectivity index (χ1n) is 9.96. The predicted octanol–water partition coefficient (Wildman–Crippen LogP) is 3.57. The summed E-state index contributed by atoms with van der Waals surface area (Å²) in [5.74, 6) is 1.85. The van der Waals surface area contributed by atoms with Crippen molar-refractivity contribution in [3.63, 3.8) is 0 Å². The van der Waals surface area contributed by atoms with Crippen molar-refractivity contribution in [1.82, 2.24) is 8.87 Å². The van der Waals surface area contributed by atoms with Crippen molar-refractivity contribution in [1.29, 1.82) is 0 Å². The minimum atomic E-state index is -3.68. The van der Waals surface area contributed by atoms with E-state index >= 15 is 0 Å². The third-order valence-electron chi connectivity index (χ3n) is 5.55. The molecule has 3 aromatic rings. The molecule has 2 aromatic carbocycles. The number of ether oxygens (including phenoxy) is 1. The van der Waals surface area contributed by atoms with Gasteiger partial charge in [-0.1, -0.05) is 17.5 Å². The third-order valence-corrected chi connectivity index (χ3v) is 7.67. The summed E-state index contributed by atoms with van der Waals surface area (Å²) in [6.07, 6.45) is 7.60. The maximum absolute atomic E-state index is 13.2. The SMILES string of the molecule is C#CCOc1ccc(S(=O)(=O)N2CCC(c3cn(CC(=O)O)c4ccc(Cl)cc34)C2)cc1. The molecule has 0 saturated carbocycles. The molecule has 32 heavy (non-hydrogen) atoms. The maximum Gasteiger partial charge on any atom is 0.323 e. The van der Waals surface area contributed by atoms with Crippen LogP contribution in [0.15, 0.2) is 53.6 Å². The number of aromatic nitrogens is 1. The van der Waals surface area contributed by atoms with Crippen LogP contribution in [0.2, 0.25) is 5.02 Å². The number of carbonyl (C=O) groups is 1. The van der Waals surface area contributed by atoms with Crippen LogP contribution in [0.5, 0.6) is 5.75 Å². The highest BCUT2D eigenvalue weighted by Gasteiger charge is 2.34. The van der Waals surface area contributed by atoms with Crippen molar-refractivity contribution in [2.24, 2.45) is 0 Å². The van der Waals surface area contributed by atoms with Crippen LogP contribution in [0.25, 0.3) is 10.9 Å². The standard InChI is InChI=1S/C23H21ClN2O5S/c1-2-11-31-18-4-6-19(7-5-18)32(29,30)26-10-9-16(13-26)21-14-25(15-23(27)28)22-8-3-17(24)12-20(21)22/h1,3-8,12,14,16H,9-11,13,15H2,(H,27,28). The van der Waals surface area contributed by atoms with E-state index in [2.05, 4.69) is 5.92 Å². The molecule has 1 saturated heterocycles. The van der Waals surface area contributed by atoms with Crippen LogP contribution >= 0.6 is 11.6 Å². The molecule has 9 heteroatoms. The lowest BCUT2D eigenvalue weighted by Gasteiger charge is -2.17. The average Bonchev–Trinajstić information content (AvgIpc) is 3.38. The van der Waals surface area contributed by atoms with Gasteiger partial charge in [-0.2, -0.15) is 4.31 Å². The molecule has 0 bridgehead atoms. The first-order valence-corrected chi connectivity index (χ1v) is 11.8. The van der Waals surface area contributed by atoms with Gasteiger partial charge >= 0.3 is 5.97 Å². The van der Waals surface area contributed by atoms with Crippen molar-refractivity contribution in [2.75, 3.05) is 19.7 Å². The average molecular weight is 473 g/mol. The molecule has 1 fully saturated rings. The van der Waals surface area contributed by atoms with Gasteiger partial charge in [0.25, 0.3) is 0 Å². The first-order chi connectivity index (χ1) is 15.3. The van der Waals surface area contributed by atoms with Crippen molar-refractivity contribution in [3.8, 4) is 18.1 Å². The molecule has 0 spiro atoms. The molecule has 1 aliphatic rings. The molecule has 166 valence electrons. The Balaban J connectivity index is 1.59. The van der Waals surface area contributed by atoms with E-state index in [1.165, 1.54) is 16.4 Å². The van der Waals surface area contributed by atoms with Gasteiger partial charge in [0.2, 0.25) is 10.0 Å². The number of benzene rings is 2. The van der Waals surface area contributed by atoms with Gasteiger partial charge in [-0.05, 0) is 54.4 Å². The number of terminal acetylenes is 1. The fourth-order valence-electron chi connectivity index (χ4n) is 4.08. The van der Waals surface area contributed by atoms with E-state index in [9.17, 15) is 18.3 Å². The molecule has 1 atom stereocenters. The summed E-state index contributed by atoms with van der Waals surface area (Å²) in [7, 11) is -3.68. The Morgan fingerprint density at radius 2 is 2.00 bits per heavy atom. The summed E-state index contributed by atoms with van der Waals surface area (Å²) < 4.78 is 34.7. The first kappa shape index (κ1) is 22.2. The second kappa shape index (κ2) is 8.87. The number of carboxylic acid groups (broad SMARTS) is 1. The number of sulfonamides is 1. The van der Waals surface area contributed by atoms with E-state index in [0.717, 1.165) is 16.5 Å². The van der Waals surface area contributed by atoms with Crippen LogP contribution in [0, 0.1) is 12.3 Å². The quantitative estimate of drug-likeness (QED) is 0.531. The number of fused-ring (bicyclic) bond motifs is 1. The van der Waals surface area contributed by atoms with Crippen LogP contribution in [-0.2, 0) is 21.4 Å². The molecule has 7 nitrogen and oxygen atoms in total. The van der Waals surface area contributed by atoms with E-state index in [-0.39, 0.29) is 24.0 Å². The molecule has 1 aliphatic heterocycles. The zero-order valence-electron chi connectivity index (χ0n) is 17.1. The molecular formula is C23H21ClN2O5S. The van der Waals surface area contributed by atoms with E-state index in [0.29, 0.717) is 30.3 Å². The summed E-state index contributed by atoms with van der Waals surface area (Å²) >= 11 is 6.19. The van der Waals surface area contributed by atoms with Gasteiger partial charge in [-0.3, -0.25) is 4.79 Å². The predicted molar refractivity (Wildman–Crippen MR) is 121 cm³/mol. The van der Waals surface area contributed by atoms with Gasteiger partial charge < -0.3 is 14.4 Å². The summed E-state index contributed by atoms with van der Waals surface area (Å²) in [5.41, 5.74) is 1.66. The van der Waals surface area contributed by atoms with Crippen LogP contribution in [0.3, 0.4) is 0 Å². The normalized spacial score (nSPS) is 16.8. The highest BCUT2D eigenvalue weighted by molar-refractivity contribution is 7.89. The Labute approximate surface area is 191 Å². The number of nitrogens with zero attached hydrogens (tertiary/aromatic N) is 2. The van der Waals surface area contributed by atoms with Crippen molar-refractivity contribution >= 4 is 38.5 Å². The molecule has 0 amide bonds. The number of carboxylic acids is 1. The number of aliphatic carboxylic acids is 1. The number of rotatable bonds is 7. The summed E-state index contributed by atoms with van der Waals surface area (Å²) in [4.78, 5) is 11.5. The fourth-order valence-corrected chi connectivity index (χ4v) is 5.75. The maximum atomic E-state index is 13.2. The van der Waals surface area contributed by atoms with Crippen LogP contribution in [0.4, 0.5) is 0 Å². The zero-order chi connectivity index (χ0) is 22.9. The number of halogens is 1. The van der Waals surface area contributed by atoms with E-state index < -0.39 is 16.0 Å². The highest BCUT2D eigenvalue weighted by Crippen LogP contribution is 2.37. The monoisotopic (exact) mass is 472 g/mol. The van der Waals surface area contributed by atoms with Gasteiger partial charge in [0.1, 0.15) is 18.9 Å². The van der Waals surface area contributed by atoms with E-state index in [4.69, 9.17) is 22.8 Å². The van der Waals surface area contributed by atoms with E-state index in [1.54, 1.807) is 41.1 Å². The minimum Gasteiger partial charge on any atom is -0.481 e. The van der Waals surface area contributed by atoms with Crippen molar-refractivity contribution < 1.29 is 23.1 Å².